The van der Waals surface area contributed by atoms with Crippen LogP contribution in [-0.4, -0.2) is 36.9 Å². The molecule has 0 aliphatic carbocycles. The van der Waals surface area contributed by atoms with Gasteiger partial charge in [-0.15, -0.1) is 0 Å². The molecule has 2 N–H and O–H groups in total. The number of carbonyl (C=O) groups is 1. The number of aromatic amines is 1. The van der Waals surface area contributed by atoms with Gasteiger partial charge in [-0.3, -0.25) is 9.59 Å². The van der Waals surface area contributed by atoms with E-state index < -0.39 is 39.1 Å². The summed E-state index contributed by atoms with van der Waals surface area (Å²) < 4.78 is 60.3. The van der Waals surface area contributed by atoms with Gasteiger partial charge in [0.05, 0.1) is 11.5 Å². The maximum atomic E-state index is 12.5. The summed E-state index contributed by atoms with van der Waals surface area (Å²) in [5, 5.41) is 2.42. The second-order valence-corrected chi connectivity index (χ2v) is 7.40. The first-order valence-electron chi connectivity index (χ1n) is 6.31. The highest BCUT2D eigenvalue weighted by molar-refractivity contribution is 7.91. The molecule has 1 aliphatic heterocycles. The molecule has 1 amide bonds. The third-order valence-electron chi connectivity index (χ3n) is 3.41. The SMILES string of the molecule is C[C@H]1CS(=O)(=O)C[C@H]1NC(=O)c1ccc(C(F)(F)F)c(=O)[nH]1. The molecule has 1 fully saturated rings. The molecule has 0 spiro atoms. The van der Waals surface area contributed by atoms with E-state index in [-0.39, 0.29) is 23.1 Å². The predicted molar refractivity (Wildman–Crippen MR) is 71.1 cm³/mol. The molecule has 0 bridgehead atoms. The molecule has 0 unspecified atom stereocenters. The third kappa shape index (κ3) is 3.49. The van der Waals surface area contributed by atoms with Crippen LogP contribution >= 0.6 is 0 Å². The number of alkyl halides is 3. The van der Waals surface area contributed by atoms with Crippen molar-refractivity contribution in [2.24, 2.45) is 5.92 Å². The number of hydrogen-bond donors (Lipinski definition) is 2. The number of H-pyrrole nitrogens is 1. The fraction of sp³-hybridized carbons (Fsp3) is 0.500. The van der Waals surface area contributed by atoms with Gasteiger partial charge in [0.15, 0.2) is 9.84 Å². The van der Waals surface area contributed by atoms with Crippen molar-refractivity contribution in [2.45, 2.75) is 19.1 Å². The Hall–Kier alpha value is -1.84. The minimum Gasteiger partial charge on any atom is -0.347 e. The molecule has 0 aromatic carbocycles. The molecule has 0 saturated carbocycles. The topological polar surface area (TPSA) is 96.1 Å². The highest BCUT2D eigenvalue weighted by Crippen LogP contribution is 2.26. The predicted octanol–water partition coefficient (Wildman–Crippen LogP) is 0.557. The normalized spacial score (nSPS) is 24.2. The zero-order valence-electron chi connectivity index (χ0n) is 11.4. The first kappa shape index (κ1) is 16.5. The number of carbonyl (C=O) groups excluding carboxylic acids is 1. The van der Waals surface area contributed by atoms with Crippen LogP contribution in [0.25, 0.3) is 0 Å². The van der Waals surface area contributed by atoms with Crippen molar-refractivity contribution < 1.29 is 26.4 Å². The van der Waals surface area contributed by atoms with Gasteiger partial charge in [-0.25, -0.2) is 8.42 Å². The van der Waals surface area contributed by atoms with E-state index in [4.69, 9.17) is 0 Å². The number of rotatable bonds is 2. The molecule has 2 atom stereocenters. The van der Waals surface area contributed by atoms with Gasteiger partial charge < -0.3 is 10.3 Å². The molecule has 2 heterocycles. The van der Waals surface area contributed by atoms with Crippen molar-refractivity contribution in [1.82, 2.24) is 10.3 Å². The summed E-state index contributed by atoms with van der Waals surface area (Å²) in [6.07, 6.45) is -4.81. The second-order valence-electron chi connectivity index (χ2n) is 5.25. The van der Waals surface area contributed by atoms with Gasteiger partial charge >= 0.3 is 6.18 Å². The maximum Gasteiger partial charge on any atom is 0.421 e. The van der Waals surface area contributed by atoms with E-state index in [1.54, 1.807) is 6.92 Å². The minimum absolute atomic E-state index is 0.0680. The van der Waals surface area contributed by atoms with E-state index in [2.05, 4.69) is 5.32 Å². The van der Waals surface area contributed by atoms with E-state index in [0.29, 0.717) is 6.07 Å². The number of amides is 1. The molecule has 1 aliphatic rings. The van der Waals surface area contributed by atoms with Crippen molar-refractivity contribution in [2.75, 3.05) is 11.5 Å². The molecule has 1 aromatic heterocycles. The van der Waals surface area contributed by atoms with Crippen LogP contribution in [0.1, 0.15) is 23.0 Å². The Morgan fingerprint density at radius 3 is 2.41 bits per heavy atom. The fourth-order valence-electron chi connectivity index (χ4n) is 2.28. The van der Waals surface area contributed by atoms with E-state index in [1.165, 1.54) is 0 Å². The van der Waals surface area contributed by atoms with Gasteiger partial charge in [0, 0.05) is 6.04 Å². The van der Waals surface area contributed by atoms with Crippen LogP contribution < -0.4 is 10.9 Å². The van der Waals surface area contributed by atoms with Crippen LogP contribution in [0, 0.1) is 5.92 Å². The van der Waals surface area contributed by atoms with E-state index in [1.807, 2.05) is 4.98 Å². The Balaban J connectivity index is 2.18. The largest absolute Gasteiger partial charge is 0.421 e. The van der Waals surface area contributed by atoms with Crippen molar-refractivity contribution >= 4 is 15.7 Å². The van der Waals surface area contributed by atoms with Crippen molar-refractivity contribution in [3.8, 4) is 0 Å². The standard InChI is InChI=1S/C12H13F3N2O4S/c1-6-4-22(20,21)5-9(6)17-11(19)8-3-2-7(10(18)16-8)12(13,14)15/h2-3,6,9H,4-5H2,1H3,(H,16,18)(H,17,19)/t6-,9+/m0/s1. The van der Waals surface area contributed by atoms with Gasteiger partial charge in [0.25, 0.3) is 11.5 Å². The van der Waals surface area contributed by atoms with Gasteiger partial charge in [0.2, 0.25) is 0 Å². The van der Waals surface area contributed by atoms with E-state index in [9.17, 15) is 31.2 Å². The Labute approximate surface area is 123 Å². The lowest BCUT2D eigenvalue weighted by Crippen LogP contribution is -2.40. The van der Waals surface area contributed by atoms with E-state index >= 15 is 0 Å². The Bertz CT molecular complexity index is 754. The van der Waals surface area contributed by atoms with Crippen LogP contribution in [0.4, 0.5) is 13.2 Å². The van der Waals surface area contributed by atoms with E-state index in [0.717, 1.165) is 6.07 Å². The molecule has 1 aromatic rings. The lowest BCUT2D eigenvalue weighted by molar-refractivity contribution is -0.138. The van der Waals surface area contributed by atoms with Crippen LogP contribution in [0.3, 0.4) is 0 Å². The zero-order chi connectivity index (χ0) is 16.7. The summed E-state index contributed by atoms with van der Waals surface area (Å²) in [6, 6.07) is 0.722. The van der Waals surface area contributed by atoms with Gasteiger partial charge in [-0.1, -0.05) is 6.92 Å². The molecule has 10 heteroatoms. The van der Waals surface area contributed by atoms with Crippen molar-refractivity contribution in [3.63, 3.8) is 0 Å². The highest BCUT2D eigenvalue weighted by Gasteiger charge is 2.36. The van der Waals surface area contributed by atoms with Gasteiger partial charge in [0.1, 0.15) is 11.3 Å². The smallest absolute Gasteiger partial charge is 0.347 e. The van der Waals surface area contributed by atoms with Crippen LogP contribution in [0.15, 0.2) is 16.9 Å². The number of hydrogen-bond acceptors (Lipinski definition) is 4. The molecule has 22 heavy (non-hydrogen) atoms. The number of halogens is 3. The summed E-state index contributed by atoms with van der Waals surface area (Å²) in [7, 11) is -3.24. The Morgan fingerprint density at radius 1 is 1.32 bits per heavy atom. The molecular formula is C12H13F3N2O4S. The average molecular weight is 338 g/mol. The molecule has 1 saturated heterocycles. The Morgan fingerprint density at radius 2 is 1.95 bits per heavy atom. The zero-order valence-corrected chi connectivity index (χ0v) is 12.2. The van der Waals surface area contributed by atoms with Gasteiger partial charge in [-0.05, 0) is 18.1 Å². The average Bonchev–Trinajstić information content (AvgIpc) is 2.60. The van der Waals surface area contributed by atoms with Gasteiger partial charge in [-0.2, -0.15) is 13.2 Å². The summed E-state index contributed by atoms with van der Waals surface area (Å²) in [6.45, 7) is 1.64. The molecule has 122 valence electrons. The number of pyridine rings is 1. The summed E-state index contributed by atoms with van der Waals surface area (Å²) in [4.78, 5) is 25.1. The van der Waals surface area contributed by atoms with Crippen LogP contribution in [-0.2, 0) is 16.0 Å². The number of nitrogens with one attached hydrogen (secondary N) is 2. The Kier molecular flexibility index (Phi) is 4.07. The monoisotopic (exact) mass is 338 g/mol. The van der Waals surface area contributed by atoms with Crippen molar-refractivity contribution in [1.29, 1.82) is 0 Å². The summed E-state index contributed by atoms with van der Waals surface area (Å²) in [5.41, 5.74) is -3.18. The highest BCUT2D eigenvalue weighted by atomic mass is 32.2. The summed E-state index contributed by atoms with van der Waals surface area (Å²) in [5.74, 6) is -1.43. The summed E-state index contributed by atoms with van der Waals surface area (Å²) >= 11 is 0. The first-order valence-corrected chi connectivity index (χ1v) is 8.13. The van der Waals surface area contributed by atoms with Crippen LogP contribution in [0.5, 0.6) is 0 Å². The number of sulfone groups is 1. The quantitative estimate of drug-likeness (QED) is 0.823. The van der Waals surface area contributed by atoms with Crippen molar-refractivity contribution in [3.05, 3.63) is 33.7 Å². The van der Waals surface area contributed by atoms with Crippen LogP contribution in [0.2, 0.25) is 0 Å². The molecule has 2 rings (SSSR count). The lowest BCUT2D eigenvalue weighted by Gasteiger charge is -2.15. The fourth-order valence-corrected chi connectivity index (χ4v) is 4.41. The molecular weight excluding hydrogens is 325 g/mol. The number of aromatic nitrogens is 1. The molecule has 6 nitrogen and oxygen atoms in total. The lowest BCUT2D eigenvalue weighted by atomic mass is 10.1. The third-order valence-corrected chi connectivity index (χ3v) is 5.31. The maximum absolute atomic E-state index is 12.5. The molecule has 0 radical (unpaired) electrons. The first-order chi connectivity index (χ1) is 9.99. The minimum atomic E-state index is -4.81. The second kappa shape index (κ2) is 5.41.